The van der Waals surface area contributed by atoms with Gasteiger partial charge in [0, 0.05) is 19.6 Å². The molecule has 78 valence electrons. The van der Waals surface area contributed by atoms with E-state index in [4.69, 9.17) is 0 Å². The SMILES string of the molecule is CCCS(=O)(=O)NC1CNCCN1. The number of nitrogens with one attached hydrogen (secondary N) is 3. The van der Waals surface area contributed by atoms with Crippen molar-refractivity contribution < 1.29 is 8.42 Å². The van der Waals surface area contributed by atoms with Gasteiger partial charge in [-0.3, -0.25) is 5.32 Å². The van der Waals surface area contributed by atoms with Crippen molar-refractivity contribution in [1.29, 1.82) is 0 Å². The number of rotatable bonds is 4. The summed E-state index contributed by atoms with van der Waals surface area (Å²) in [6.45, 7) is 4.21. The Labute approximate surface area is 79.3 Å². The minimum absolute atomic E-state index is 0.148. The molecule has 0 aromatic heterocycles. The fourth-order valence-electron chi connectivity index (χ4n) is 1.28. The van der Waals surface area contributed by atoms with Crippen molar-refractivity contribution in [3.63, 3.8) is 0 Å². The largest absolute Gasteiger partial charge is 0.313 e. The average molecular weight is 207 g/mol. The predicted octanol–water partition coefficient (Wildman–Crippen LogP) is -1.17. The maximum absolute atomic E-state index is 11.3. The van der Waals surface area contributed by atoms with Crippen molar-refractivity contribution in [3.8, 4) is 0 Å². The highest BCUT2D eigenvalue weighted by Crippen LogP contribution is 1.91. The predicted molar refractivity (Wildman–Crippen MR) is 51.9 cm³/mol. The second kappa shape index (κ2) is 4.90. The molecule has 5 nitrogen and oxygen atoms in total. The number of piperazine rings is 1. The zero-order valence-corrected chi connectivity index (χ0v) is 8.65. The van der Waals surface area contributed by atoms with Gasteiger partial charge in [0.15, 0.2) is 0 Å². The molecular formula is C7H17N3O2S. The molecule has 1 saturated heterocycles. The minimum atomic E-state index is -3.08. The number of sulfonamides is 1. The Hall–Kier alpha value is -0.170. The number of hydrogen-bond acceptors (Lipinski definition) is 4. The van der Waals surface area contributed by atoms with Crippen LogP contribution in [-0.2, 0) is 10.0 Å². The first-order chi connectivity index (χ1) is 6.14. The molecule has 1 rings (SSSR count). The summed E-state index contributed by atoms with van der Waals surface area (Å²) < 4.78 is 25.2. The van der Waals surface area contributed by atoms with E-state index in [1.807, 2.05) is 6.92 Å². The maximum atomic E-state index is 11.3. The van der Waals surface area contributed by atoms with E-state index in [9.17, 15) is 8.42 Å². The van der Waals surface area contributed by atoms with Crippen LogP contribution in [0.5, 0.6) is 0 Å². The molecule has 1 heterocycles. The summed E-state index contributed by atoms with van der Waals surface area (Å²) in [5, 5.41) is 6.19. The van der Waals surface area contributed by atoms with Crippen LogP contribution in [0.25, 0.3) is 0 Å². The van der Waals surface area contributed by atoms with Gasteiger partial charge in [-0.1, -0.05) is 6.92 Å². The second-order valence-electron chi connectivity index (χ2n) is 3.15. The average Bonchev–Trinajstić information content (AvgIpc) is 2.04. The van der Waals surface area contributed by atoms with E-state index in [1.54, 1.807) is 0 Å². The molecule has 0 aromatic carbocycles. The van der Waals surface area contributed by atoms with Crippen molar-refractivity contribution in [1.82, 2.24) is 15.4 Å². The Bertz CT molecular complexity index is 234. The third kappa shape index (κ3) is 4.04. The van der Waals surface area contributed by atoms with Crippen LogP contribution < -0.4 is 15.4 Å². The molecule has 0 aliphatic carbocycles. The molecule has 0 bridgehead atoms. The molecular weight excluding hydrogens is 190 g/mol. The summed E-state index contributed by atoms with van der Waals surface area (Å²) in [7, 11) is -3.08. The van der Waals surface area contributed by atoms with Crippen LogP contribution in [0, 0.1) is 0 Å². The van der Waals surface area contributed by atoms with Crippen LogP contribution in [0.15, 0.2) is 0 Å². The molecule has 1 atom stereocenters. The van der Waals surface area contributed by atoms with Gasteiger partial charge in [-0.2, -0.15) is 4.72 Å². The van der Waals surface area contributed by atoms with Gasteiger partial charge >= 0.3 is 0 Å². The van der Waals surface area contributed by atoms with Crippen LogP contribution in [0.2, 0.25) is 0 Å². The molecule has 1 fully saturated rings. The third-order valence-electron chi connectivity index (χ3n) is 1.84. The third-order valence-corrected chi connectivity index (χ3v) is 3.42. The topological polar surface area (TPSA) is 70.2 Å². The van der Waals surface area contributed by atoms with Crippen LogP contribution in [0.1, 0.15) is 13.3 Å². The molecule has 1 aliphatic rings. The lowest BCUT2D eigenvalue weighted by atomic mass is 10.4. The zero-order valence-electron chi connectivity index (χ0n) is 7.84. The fraction of sp³-hybridized carbons (Fsp3) is 1.00. The highest BCUT2D eigenvalue weighted by atomic mass is 32.2. The summed E-state index contributed by atoms with van der Waals surface area (Å²) in [5.74, 6) is 0.200. The fourth-order valence-corrected chi connectivity index (χ4v) is 2.54. The molecule has 0 aromatic rings. The van der Waals surface area contributed by atoms with Gasteiger partial charge in [0.1, 0.15) is 0 Å². The molecule has 0 saturated carbocycles. The highest BCUT2D eigenvalue weighted by Gasteiger charge is 2.17. The summed E-state index contributed by atoms with van der Waals surface area (Å²) >= 11 is 0. The van der Waals surface area contributed by atoms with Gasteiger partial charge in [0.25, 0.3) is 0 Å². The smallest absolute Gasteiger partial charge is 0.212 e. The molecule has 1 aliphatic heterocycles. The first kappa shape index (κ1) is 10.9. The molecule has 0 radical (unpaired) electrons. The van der Waals surface area contributed by atoms with E-state index in [0.717, 1.165) is 13.1 Å². The van der Waals surface area contributed by atoms with E-state index in [1.165, 1.54) is 0 Å². The Morgan fingerprint density at radius 2 is 2.23 bits per heavy atom. The molecule has 6 heteroatoms. The second-order valence-corrected chi connectivity index (χ2v) is 5.02. The lowest BCUT2D eigenvalue weighted by molar-refractivity contribution is 0.399. The van der Waals surface area contributed by atoms with Crippen molar-refractivity contribution >= 4 is 10.0 Å². The first-order valence-corrected chi connectivity index (χ1v) is 6.23. The van der Waals surface area contributed by atoms with Gasteiger partial charge < -0.3 is 5.32 Å². The van der Waals surface area contributed by atoms with Crippen molar-refractivity contribution in [2.24, 2.45) is 0 Å². The van der Waals surface area contributed by atoms with Crippen LogP contribution in [0.4, 0.5) is 0 Å². The van der Waals surface area contributed by atoms with Crippen molar-refractivity contribution in [2.45, 2.75) is 19.5 Å². The summed E-state index contributed by atoms with van der Waals surface area (Å²) in [6, 6.07) is 0. The van der Waals surface area contributed by atoms with Gasteiger partial charge in [0.05, 0.1) is 11.9 Å². The zero-order chi connectivity index (χ0) is 9.73. The summed E-state index contributed by atoms with van der Waals surface area (Å²) in [4.78, 5) is 0. The Kier molecular flexibility index (Phi) is 4.11. The molecule has 13 heavy (non-hydrogen) atoms. The van der Waals surface area contributed by atoms with E-state index in [0.29, 0.717) is 13.0 Å². The van der Waals surface area contributed by atoms with Crippen LogP contribution >= 0.6 is 0 Å². The van der Waals surface area contributed by atoms with Crippen molar-refractivity contribution in [3.05, 3.63) is 0 Å². The highest BCUT2D eigenvalue weighted by molar-refractivity contribution is 7.89. The van der Waals surface area contributed by atoms with Gasteiger partial charge in [-0.15, -0.1) is 0 Å². The van der Waals surface area contributed by atoms with Gasteiger partial charge in [-0.25, -0.2) is 8.42 Å². The quantitative estimate of drug-likeness (QED) is 0.543. The maximum Gasteiger partial charge on any atom is 0.212 e. The Balaban J connectivity index is 2.37. The monoisotopic (exact) mass is 207 g/mol. The van der Waals surface area contributed by atoms with E-state index in [-0.39, 0.29) is 11.9 Å². The normalized spacial score (nSPS) is 24.5. The molecule has 0 amide bonds. The molecule has 3 N–H and O–H groups in total. The standard InChI is InChI=1S/C7H17N3O2S/c1-2-5-13(11,12)10-7-6-8-3-4-9-7/h7-10H,2-6H2,1H3. The van der Waals surface area contributed by atoms with Crippen LogP contribution in [-0.4, -0.2) is 40.0 Å². The van der Waals surface area contributed by atoms with E-state index >= 15 is 0 Å². The Morgan fingerprint density at radius 3 is 2.77 bits per heavy atom. The van der Waals surface area contributed by atoms with Crippen LogP contribution in [0.3, 0.4) is 0 Å². The van der Waals surface area contributed by atoms with E-state index in [2.05, 4.69) is 15.4 Å². The van der Waals surface area contributed by atoms with Gasteiger partial charge in [-0.05, 0) is 6.42 Å². The molecule has 0 spiro atoms. The molecule has 1 unspecified atom stereocenters. The lowest BCUT2D eigenvalue weighted by Crippen LogP contribution is -2.57. The minimum Gasteiger partial charge on any atom is -0.313 e. The van der Waals surface area contributed by atoms with E-state index < -0.39 is 10.0 Å². The first-order valence-electron chi connectivity index (χ1n) is 4.58. The van der Waals surface area contributed by atoms with Crippen molar-refractivity contribution in [2.75, 3.05) is 25.4 Å². The number of hydrogen-bond donors (Lipinski definition) is 3. The summed E-state index contributed by atoms with van der Waals surface area (Å²) in [6.07, 6.45) is 0.500. The Morgan fingerprint density at radius 1 is 1.46 bits per heavy atom. The lowest BCUT2D eigenvalue weighted by Gasteiger charge is -2.25. The van der Waals surface area contributed by atoms with Gasteiger partial charge in [0.2, 0.25) is 10.0 Å². The summed E-state index contributed by atoms with van der Waals surface area (Å²) in [5.41, 5.74) is 0.